The lowest BCUT2D eigenvalue weighted by Gasteiger charge is -2.26. The van der Waals surface area contributed by atoms with Crippen LogP contribution in [0.5, 0.6) is 5.75 Å². The van der Waals surface area contributed by atoms with Crippen molar-refractivity contribution in [3.63, 3.8) is 0 Å². The fourth-order valence-electron chi connectivity index (χ4n) is 1.71. The number of nitrogens with two attached hydrogens (primary N) is 1. The minimum Gasteiger partial charge on any atom is -0.497 e. The summed E-state index contributed by atoms with van der Waals surface area (Å²) in [6.45, 7) is 0.652. The van der Waals surface area contributed by atoms with E-state index in [-0.39, 0.29) is 23.6 Å². The van der Waals surface area contributed by atoms with Crippen LogP contribution < -0.4 is 15.4 Å². The van der Waals surface area contributed by atoms with Gasteiger partial charge in [0, 0.05) is 18.2 Å². The molecule has 1 aromatic rings. The Balaban J connectivity index is 3.23. The van der Waals surface area contributed by atoms with E-state index in [1.807, 2.05) is 0 Å². The van der Waals surface area contributed by atoms with E-state index in [9.17, 15) is 13.2 Å². The number of methoxy groups -OCH3 is 1. The normalized spacial score (nSPS) is 11.2. The van der Waals surface area contributed by atoms with E-state index >= 15 is 0 Å². The van der Waals surface area contributed by atoms with Crippen LogP contribution in [0.25, 0.3) is 0 Å². The highest BCUT2D eigenvalue weighted by atomic mass is 19.4. The second-order valence-electron chi connectivity index (χ2n) is 3.93. The van der Waals surface area contributed by atoms with Gasteiger partial charge >= 0.3 is 6.18 Å². The van der Waals surface area contributed by atoms with Gasteiger partial charge in [-0.1, -0.05) is 0 Å². The molecule has 0 aliphatic carbocycles. The zero-order valence-electron chi connectivity index (χ0n) is 10.7. The Morgan fingerprint density at radius 3 is 2.47 bits per heavy atom. The van der Waals surface area contributed by atoms with Gasteiger partial charge in [-0.05, 0) is 19.1 Å². The highest BCUT2D eigenvalue weighted by molar-refractivity contribution is 6.00. The number of halogens is 3. The lowest BCUT2D eigenvalue weighted by molar-refractivity contribution is -0.119. The summed E-state index contributed by atoms with van der Waals surface area (Å²) in [5, 5.41) is 7.43. The lowest BCUT2D eigenvalue weighted by atomic mass is 10.1. The lowest BCUT2D eigenvalue weighted by Crippen LogP contribution is -2.35. The molecule has 19 heavy (non-hydrogen) atoms. The third kappa shape index (κ3) is 4.04. The van der Waals surface area contributed by atoms with Crippen LogP contribution in [-0.4, -0.2) is 32.2 Å². The summed E-state index contributed by atoms with van der Waals surface area (Å²) >= 11 is 0. The van der Waals surface area contributed by atoms with E-state index in [1.54, 1.807) is 13.0 Å². The number of amidine groups is 1. The minimum atomic E-state index is -4.33. The van der Waals surface area contributed by atoms with E-state index in [2.05, 4.69) is 0 Å². The van der Waals surface area contributed by atoms with Crippen molar-refractivity contribution in [2.24, 2.45) is 5.73 Å². The SMILES string of the molecule is CCN(CC(F)(F)F)c1cc(OC)ccc1C(=N)N. The van der Waals surface area contributed by atoms with Gasteiger partial charge in [0.25, 0.3) is 0 Å². The number of nitrogens with one attached hydrogen (secondary N) is 1. The standard InChI is InChI=1S/C12H16F3N3O/c1-3-18(7-12(13,14)15)10-6-8(19-2)4-5-9(10)11(16)17/h4-6H,3,7H2,1-2H3,(H3,16,17). The molecule has 0 aromatic heterocycles. The van der Waals surface area contributed by atoms with E-state index in [4.69, 9.17) is 15.9 Å². The van der Waals surface area contributed by atoms with E-state index in [0.29, 0.717) is 5.75 Å². The number of ether oxygens (including phenoxy) is 1. The number of hydrogen-bond acceptors (Lipinski definition) is 3. The predicted octanol–water partition coefficient (Wildman–Crippen LogP) is 2.37. The molecule has 0 fully saturated rings. The van der Waals surface area contributed by atoms with Gasteiger partial charge < -0.3 is 15.4 Å². The molecule has 1 aromatic carbocycles. The maximum absolute atomic E-state index is 12.5. The van der Waals surface area contributed by atoms with Gasteiger partial charge in [0.05, 0.1) is 12.8 Å². The molecule has 3 N–H and O–H groups in total. The highest BCUT2D eigenvalue weighted by Crippen LogP contribution is 2.28. The van der Waals surface area contributed by atoms with E-state index < -0.39 is 12.7 Å². The van der Waals surface area contributed by atoms with Crippen molar-refractivity contribution in [1.29, 1.82) is 5.41 Å². The number of hydrogen-bond donors (Lipinski definition) is 2. The molecule has 0 aliphatic heterocycles. The number of alkyl halides is 3. The Hall–Kier alpha value is -1.92. The number of nitrogens with zero attached hydrogens (tertiary/aromatic N) is 1. The Morgan fingerprint density at radius 1 is 1.42 bits per heavy atom. The molecule has 0 aliphatic rings. The van der Waals surface area contributed by atoms with Gasteiger partial charge in [-0.2, -0.15) is 13.2 Å². The van der Waals surface area contributed by atoms with E-state index in [1.165, 1.54) is 19.2 Å². The Labute approximate surface area is 109 Å². The Bertz CT molecular complexity index is 460. The fourth-order valence-corrected chi connectivity index (χ4v) is 1.71. The first kappa shape index (κ1) is 15.1. The Morgan fingerprint density at radius 2 is 2.05 bits per heavy atom. The van der Waals surface area contributed by atoms with Crippen molar-refractivity contribution in [1.82, 2.24) is 0 Å². The molecule has 0 atom stereocenters. The van der Waals surface area contributed by atoms with Crippen LogP contribution in [0.1, 0.15) is 12.5 Å². The molecule has 0 heterocycles. The van der Waals surface area contributed by atoms with Gasteiger partial charge in [0.2, 0.25) is 0 Å². The molecule has 106 valence electrons. The molecule has 0 unspecified atom stereocenters. The molecule has 7 heteroatoms. The molecule has 4 nitrogen and oxygen atoms in total. The van der Waals surface area contributed by atoms with Gasteiger partial charge in [-0.3, -0.25) is 5.41 Å². The van der Waals surface area contributed by atoms with Crippen molar-refractivity contribution in [3.8, 4) is 5.75 Å². The summed E-state index contributed by atoms with van der Waals surface area (Å²) < 4.78 is 42.6. The quantitative estimate of drug-likeness (QED) is 0.640. The fraction of sp³-hybridized carbons (Fsp3) is 0.417. The van der Waals surface area contributed by atoms with E-state index in [0.717, 1.165) is 4.90 Å². The van der Waals surface area contributed by atoms with Crippen LogP contribution >= 0.6 is 0 Å². The van der Waals surface area contributed by atoms with Gasteiger partial charge in [0.1, 0.15) is 18.1 Å². The summed E-state index contributed by atoms with van der Waals surface area (Å²) in [6.07, 6.45) is -4.33. The van der Waals surface area contributed by atoms with Gasteiger partial charge in [-0.15, -0.1) is 0 Å². The maximum atomic E-state index is 12.5. The molecular formula is C12H16F3N3O. The predicted molar refractivity (Wildman–Crippen MR) is 68.0 cm³/mol. The van der Waals surface area contributed by atoms with Gasteiger partial charge in [-0.25, -0.2) is 0 Å². The van der Waals surface area contributed by atoms with Crippen LogP contribution in [0.2, 0.25) is 0 Å². The third-order valence-electron chi connectivity index (χ3n) is 2.59. The largest absolute Gasteiger partial charge is 0.497 e. The van der Waals surface area contributed by atoms with Gasteiger partial charge in [0.15, 0.2) is 0 Å². The maximum Gasteiger partial charge on any atom is 0.405 e. The second kappa shape index (κ2) is 5.81. The smallest absolute Gasteiger partial charge is 0.405 e. The molecule has 0 bridgehead atoms. The number of rotatable bonds is 5. The van der Waals surface area contributed by atoms with Crippen LogP contribution in [0, 0.1) is 5.41 Å². The average Bonchev–Trinajstić information content (AvgIpc) is 2.33. The summed E-state index contributed by atoms with van der Waals surface area (Å²) in [5.41, 5.74) is 5.90. The number of nitrogen functional groups attached to an aromatic ring is 1. The minimum absolute atomic E-state index is 0.146. The molecule has 0 saturated carbocycles. The first-order chi connectivity index (χ1) is 8.78. The molecule has 0 amide bonds. The molecule has 0 radical (unpaired) electrons. The second-order valence-corrected chi connectivity index (χ2v) is 3.93. The van der Waals surface area contributed by atoms with Crippen molar-refractivity contribution >= 4 is 11.5 Å². The summed E-state index contributed by atoms with van der Waals surface area (Å²) in [7, 11) is 1.42. The molecule has 1 rings (SSSR count). The molecule has 0 saturated heterocycles. The zero-order chi connectivity index (χ0) is 14.6. The van der Waals surface area contributed by atoms with Crippen molar-refractivity contribution in [2.75, 3.05) is 25.1 Å². The van der Waals surface area contributed by atoms with Crippen molar-refractivity contribution < 1.29 is 17.9 Å². The van der Waals surface area contributed by atoms with Crippen LogP contribution in [0.3, 0.4) is 0 Å². The van der Waals surface area contributed by atoms with Crippen LogP contribution in [0.15, 0.2) is 18.2 Å². The zero-order valence-corrected chi connectivity index (χ0v) is 10.7. The topological polar surface area (TPSA) is 62.3 Å². The summed E-state index contributed by atoms with van der Waals surface area (Å²) in [5.74, 6) is 0.138. The summed E-state index contributed by atoms with van der Waals surface area (Å²) in [4.78, 5) is 1.11. The first-order valence-electron chi connectivity index (χ1n) is 5.62. The molecular weight excluding hydrogens is 259 g/mol. The summed E-state index contributed by atoms with van der Waals surface area (Å²) in [6, 6.07) is 4.49. The van der Waals surface area contributed by atoms with Crippen LogP contribution in [0.4, 0.5) is 18.9 Å². The van der Waals surface area contributed by atoms with Crippen molar-refractivity contribution in [2.45, 2.75) is 13.1 Å². The third-order valence-corrected chi connectivity index (χ3v) is 2.59. The highest BCUT2D eigenvalue weighted by Gasteiger charge is 2.31. The first-order valence-corrected chi connectivity index (χ1v) is 5.62. The van der Waals surface area contributed by atoms with Crippen LogP contribution in [-0.2, 0) is 0 Å². The number of anilines is 1. The average molecular weight is 275 g/mol. The molecule has 0 spiro atoms. The number of benzene rings is 1. The monoisotopic (exact) mass is 275 g/mol. The van der Waals surface area contributed by atoms with Crippen molar-refractivity contribution in [3.05, 3.63) is 23.8 Å². The Kier molecular flexibility index (Phi) is 4.63.